The molecule has 0 spiro atoms. The zero-order valence-corrected chi connectivity index (χ0v) is 39.7. The molecular weight excluding hydrogens is 857 g/mol. The Morgan fingerprint density at radius 2 is 1.53 bits per heavy atom. The third-order valence-electron chi connectivity index (χ3n) is 12.9. The summed E-state index contributed by atoms with van der Waals surface area (Å²) >= 11 is 0. The number of oxime groups is 1. The molecule has 0 aliphatic carbocycles. The summed E-state index contributed by atoms with van der Waals surface area (Å²) in [7, 11) is 2.99. The Bertz CT molecular complexity index is 2020. The van der Waals surface area contributed by atoms with Gasteiger partial charge in [-0.15, -0.1) is 0 Å². The summed E-state index contributed by atoms with van der Waals surface area (Å²) in [6, 6.07) is 17.3. The second-order valence-electron chi connectivity index (χ2n) is 17.8. The molecule has 66 heavy (non-hydrogen) atoms. The summed E-state index contributed by atoms with van der Waals surface area (Å²) in [6.07, 6.45) is -7.32. The summed E-state index contributed by atoms with van der Waals surface area (Å²) < 4.78 is 54.7. The van der Waals surface area contributed by atoms with Crippen molar-refractivity contribution in [3.63, 3.8) is 0 Å². The molecule has 3 heterocycles. The first-order valence-corrected chi connectivity index (χ1v) is 22.5. The Labute approximate surface area is 387 Å². The van der Waals surface area contributed by atoms with Crippen molar-refractivity contribution in [2.24, 2.45) is 28.8 Å². The number of ether oxygens (including phenoxy) is 9. The molecule has 362 valence electrons. The lowest BCUT2D eigenvalue weighted by Crippen LogP contribution is -2.61. The number of ketones is 1. The van der Waals surface area contributed by atoms with Gasteiger partial charge in [0.05, 0.1) is 29.6 Å². The fourth-order valence-corrected chi connectivity index (χ4v) is 9.20. The van der Waals surface area contributed by atoms with E-state index in [2.05, 4.69) is 11.7 Å². The molecule has 3 aliphatic heterocycles. The van der Waals surface area contributed by atoms with Gasteiger partial charge in [-0.05, 0) is 58.1 Å². The van der Waals surface area contributed by atoms with E-state index in [1.165, 1.54) is 32.1 Å². The van der Waals surface area contributed by atoms with Crippen LogP contribution >= 0.6 is 0 Å². The van der Waals surface area contributed by atoms with Crippen molar-refractivity contribution in [1.82, 2.24) is 4.90 Å². The second-order valence-corrected chi connectivity index (χ2v) is 17.8. The Kier molecular flexibility index (Phi) is 17.8. The van der Waals surface area contributed by atoms with E-state index in [0.29, 0.717) is 11.3 Å². The van der Waals surface area contributed by atoms with Crippen LogP contribution in [0.2, 0.25) is 0 Å². The van der Waals surface area contributed by atoms with Crippen molar-refractivity contribution in [3.05, 3.63) is 84.4 Å². The van der Waals surface area contributed by atoms with Crippen molar-refractivity contribution in [1.29, 1.82) is 0 Å². The number of methoxy groups -OCH3 is 1. The van der Waals surface area contributed by atoms with E-state index in [4.69, 9.17) is 47.5 Å². The SMILES string of the molecule is C=CCO/N=C1\[C@H](C)C[C@](C)(OC)[C@H](O[C@@H]2O[C@H](C)C[C@H](N(C)C(=O)OCc3ccccc3)[C@H]2OC(=O)OCc2ccccc2)[C@@H](C)C(=O)[C@@H](C)C(=O)O[C@H](CC)[C@@]2(C)OC(=O)O[C@@H]2[C@H]1C. The number of esters is 1. The van der Waals surface area contributed by atoms with E-state index in [9.17, 15) is 24.0 Å². The summed E-state index contributed by atoms with van der Waals surface area (Å²) in [5.41, 5.74) is -0.960. The third-order valence-corrected chi connectivity index (χ3v) is 12.9. The van der Waals surface area contributed by atoms with Crippen molar-refractivity contribution < 1.29 is 71.4 Å². The monoisotopic (exact) mass is 922 g/mol. The smallest absolute Gasteiger partial charge is 0.457 e. The Morgan fingerprint density at radius 3 is 2.12 bits per heavy atom. The van der Waals surface area contributed by atoms with Crippen LogP contribution in [-0.2, 0) is 70.3 Å². The van der Waals surface area contributed by atoms with E-state index >= 15 is 0 Å². The lowest BCUT2D eigenvalue weighted by molar-refractivity contribution is -0.295. The van der Waals surface area contributed by atoms with Crippen LogP contribution in [0.15, 0.2) is 78.5 Å². The molecule has 17 nitrogen and oxygen atoms in total. The average molecular weight is 923 g/mol. The molecule has 0 bridgehead atoms. The Hall–Kier alpha value is -5.52. The van der Waals surface area contributed by atoms with E-state index in [1.54, 1.807) is 58.9 Å². The van der Waals surface area contributed by atoms with Gasteiger partial charge in [-0.2, -0.15) is 0 Å². The molecule has 3 aliphatic rings. The minimum absolute atomic E-state index is 0.0168. The molecule has 3 fully saturated rings. The molecule has 0 N–H and O–H groups in total. The minimum Gasteiger partial charge on any atom is -0.457 e. The molecule has 2 aromatic rings. The number of hydrogen-bond acceptors (Lipinski definition) is 16. The number of Topliss-reactive ketones (excluding diaryl/α,β-unsaturated/α-hetero) is 1. The van der Waals surface area contributed by atoms with Crippen molar-refractivity contribution in [2.45, 2.75) is 142 Å². The van der Waals surface area contributed by atoms with Gasteiger partial charge in [0.25, 0.3) is 0 Å². The van der Waals surface area contributed by atoms with Crippen LogP contribution in [0, 0.1) is 23.7 Å². The maximum absolute atomic E-state index is 14.7. The molecular formula is C49H66N2O15. The number of cyclic esters (lactones) is 1. The molecule has 1 amide bonds. The van der Waals surface area contributed by atoms with Crippen LogP contribution in [0.4, 0.5) is 14.4 Å². The van der Waals surface area contributed by atoms with Gasteiger partial charge in [-0.25, -0.2) is 14.4 Å². The maximum atomic E-state index is 14.7. The first-order chi connectivity index (χ1) is 31.4. The number of likely N-dealkylation sites (N-methyl/N-ethyl adjacent to an activating group) is 1. The van der Waals surface area contributed by atoms with Crippen LogP contribution in [-0.4, -0.2) is 116 Å². The third kappa shape index (κ3) is 12.1. The quantitative estimate of drug-likeness (QED) is 0.0469. The van der Waals surface area contributed by atoms with Gasteiger partial charge in [-0.1, -0.05) is 106 Å². The van der Waals surface area contributed by atoms with Crippen LogP contribution < -0.4 is 0 Å². The van der Waals surface area contributed by atoms with Gasteiger partial charge in [0.1, 0.15) is 31.8 Å². The van der Waals surface area contributed by atoms with Crippen LogP contribution in [0.5, 0.6) is 0 Å². The molecule has 3 saturated heterocycles. The molecule has 0 radical (unpaired) electrons. The molecule has 5 rings (SSSR count). The summed E-state index contributed by atoms with van der Waals surface area (Å²) in [5.74, 6) is -5.08. The predicted octanol–water partition coefficient (Wildman–Crippen LogP) is 7.96. The normalized spacial score (nSPS) is 33.5. The van der Waals surface area contributed by atoms with Gasteiger partial charge in [-0.3, -0.25) is 9.59 Å². The predicted molar refractivity (Wildman–Crippen MR) is 239 cm³/mol. The Morgan fingerprint density at radius 1 is 0.909 bits per heavy atom. The lowest BCUT2D eigenvalue weighted by atomic mass is 9.74. The topological polar surface area (TPSA) is 193 Å². The highest BCUT2D eigenvalue weighted by Crippen LogP contribution is 2.42. The number of hydrogen-bond donors (Lipinski definition) is 0. The second kappa shape index (κ2) is 22.8. The van der Waals surface area contributed by atoms with Gasteiger partial charge in [0.2, 0.25) is 0 Å². The van der Waals surface area contributed by atoms with Crippen LogP contribution in [0.1, 0.15) is 85.8 Å². The maximum Gasteiger partial charge on any atom is 0.509 e. The van der Waals surface area contributed by atoms with E-state index in [-0.39, 0.29) is 39.1 Å². The van der Waals surface area contributed by atoms with E-state index in [1.807, 2.05) is 50.2 Å². The molecule has 17 heteroatoms. The zero-order valence-electron chi connectivity index (χ0n) is 39.7. The number of nitrogens with zero attached hydrogens (tertiary/aromatic N) is 2. The molecule has 2 aromatic carbocycles. The standard InChI is InChI=1S/C49H66N2O15/c1-12-24-60-50-38-29(3)26-48(8,57-11)41(32(6)39(52)33(7)43(53)62-37(13-2)49(9)42(31(38)5)65-47(56)66-49)64-44-40(63-46(55)59-28-35-22-18-15-19-23-35)36(25-30(4)61-44)51(10)45(54)58-27-34-20-16-14-17-21-34/h12,14-23,29-33,36-37,40-42,44H,1,13,24-28H2,2-11H3/b50-38+/t29-,30-,31+,32+,33-,36+,37-,40-,41-,42-,44+,48+,49-/m1/s1. The highest BCUT2D eigenvalue weighted by molar-refractivity contribution is 6.00. The number of rotatable bonds is 13. The Balaban J connectivity index is 1.57. The zero-order chi connectivity index (χ0) is 48.3. The molecule has 0 aromatic heterocycles. The highest BCUT2D eigenvalue weighted by Gasteiger charge is 2.59. The molecule has 0 unspecified atom stereocenters. The fourth-order valence-electron chi connectivity index (χ4n) is 9.20. The van der Waals surface area contributed by atoms with Crippen LogP contribution in [0.3, 0.4) is 0 Å². The highest BCUT2D eigenvalue weighted by atomic mass is 16.8. The first-order valence-electron chi connectivity index (χ1n) is 22.5. The van der Waals surface area contributed by atoms with E-state index < -0.39 is 108 Å². The van der Waals surface area contributed by atoms with Crippen molar-refractivity contribution in [3.8, 4) is 0 Å². The number of fused-ring (bicyclic) bond motifs is 1. The summed E-state index contributed by atoms with van der Waals surface area (Å²) in [5, 5.41) is 4.53. The van der Waals surface area contributed by atoms with Crippen LogP contribution in [0.25, 0.3) is 0 Å². The minimum atomic E-state index is -1.47. The van der Waals surface area contributed by atoms with Gasteiger partial charge >= 0.3 is 24.4 Å². The number of amides is 1. The lowest BCUT2D eigenvalue weighted by Gasteiger charge is -2.47. The average Bonchev–Trinajstić information content (AvgIpc) is 3.63. The van der Waals surface area contributed by atoms with Gasteiger partial charge < -0.3 is 52.4 Å². The first kappa shape index (κ1) is 51.5. The summed E-state index contributed by atoms with van der Waals surface area (Å²) in [4.78, 5) is 76.0. The van der Waals surface area contributed by atoms with Crippen molar-refractivity contribution in [2.75, 3.05) is 20.8 Å². The largest absolute Gasteiger partial charge is 0.509 e. The van der Waals surface area contributed by atoms with Crippen molar-refractivity contribution >= 4 is 35.9 Å². The molecule has 0 saturated carbocycles. The van der Waals surface area contributed by atoms with E-state index in [0.717, 1.165) is 5.56 Å². The number of benzene rings is 2. The van der Waals surface area contributed by atoms with Gasteiger partial charge in [0, 0.05) is 31.9 Å². The summed E-state index contributed by atoms with van der Waals surface area (Å²) in [6.45, 7) is 17.3. The number of carbonyl (C=O) groups is 5. The van der Waals surface area contributed by atoms with Gasteiger partial charge in [0.15, 0.2) is 29.9 Å². The molecule has 13 atom stereocenters. The fraction of sp³-hybridized carbons (Fsp3) is 0.592. The number of carbonyl (C=O) groups excluding carboxylic acids is 5.